The molecule has 144 valence electrons. The number of nitrogens with zero attached hydrogens (tertiary/aromatic N) is 4. The number of pyridine rings is 1. The lowest BCUT2D eigenvalue weighted by atomic mass is 10.1. The third-order valence-electron chi connectivity index (χ3n) is 4.94. The van der Waals surface area contributed by atoms with Gasteiger partial charge in [-0.15, -0.1) is 0 Å². The van der Waals surface area contributed by atoms with Gasteiger partial charge in [0.15, 0.2) is 5.96 Å². The van der Waals surface area contributed by atoms with Crippen molar-refractivity contribution < 1.29 is 4.74 Å². The zero-order valence-electron chi connectivity index (χ0n) is 16.1. The minimum Gasteiger partial charge on any atom is -0.378 e. The van der Waals surface area contributed by atoms with E-state index >= 15 is 0 Å². The van der Waals surface area contributed by atoms with Crippen LogP contribution in [0.3, 0.4) is 0 Å². The van der Waals surface area contributed by atoms with Crippen LogP contribution in [0.15, 0.2) is 23.3 Å². The van der Waals surface area contributed by atoms with Crippen LogP contribution in [-0.2, 0) is 11.3 Å². The maximum absolute atomic E-state index is 5.43. The molecule has 6 nitrogen and oxygen atoms in total. The lowest BCUT2D eigenvalue weighted by Crippen LogP contribution is -2.48. The van der Waals surface area contributed by atoms with Crippen molar-refractivity contribution >= 4 is 23.5 Å². The van der Waals surface area contributed by atoms with Crippen molar-refractivity contribution in [3.05, 3.63) is 23.9 Å². The van der Waals surface area contributed by atoms with Gasteiger partial charge in [-0.1, -0.05) is 13.8 Å². The molecule has 26 heavy (non-hydrogen) atoms. The van der Waals surface area contributed by atoms with Crippen molar-refractivity contribution in [2.24, 2.45) is 10.9 Å². The third kappa shape index (κ3) is 5.04. The lowest BCUT2D eigenvalue weighted by Gasteiger charge is -2.36. The monoisotopic (exact) mass is 377 g/mol. The van der Waals surface area contributed by atoms with E-state index in [0.717, 1.165) is 57.7 Å². The van der Waals surface area contributed by atoms with Gasteiger partial charge in [-0.2, -0.15) is 11.8 Å². The van der Waals surface area contributed by atoms with Crippen LogP contribution >= 0.6 is 11.8 Å². The predicted molar refractivity (Wildman–Crippen MR) is 110 cm³/mol. The molecule has 0 amide bonds. The first-order chi connectivity index (χ1) is 12.7. The fourth-order valence-electron chi connectivity index (χ4n) is 3.32. The van der Waals surface area contributed by atoms with E-state index in [2.05, 4.69) is 62.8 Å². The zero-order valence-corrected chi connectivity index (χ0v) is 17.0. The van der Waals surface area contributed by atoms with Crippen molar-refractivity contribution in [1.29, 1.82) is 0 Å². The molecule has 1 aromatic heterocycles. The Morgan fingerprint density at radius 1 is 1.38 bits per heavy atom. The molecule has 2 fully saturated rings. The molecule has 2 aliphatic heterocycles. The van der Waals surface area contributed by atoms with Crippen molar-refractivity contribution in [1.82, 2.24) is 15.2 Å². The number of rotatable bonds is 4. The van der Waals surface area contributed by atoms with Gasteiger partial charge in [0.05, 0.1) is 13.2 Å². The molecule has 2 aliphatic rings. The number of thioether (sulfide) groups is 1. The number of nitrogens with one attached hydrogen (secondary N) is 1. The highest BCUT2D eigenvalue weighted by Gasteiger charge is 2.24. The first kappa shape index (κ1) is 19.3. The van der Waals surface area contributed by atoms with Gasteiger partial charge in [-0.3, -0.25) is 4.99 Å². The number of ether oxygens (including phenoxy) is 1. The Kier molecular flexibility index (Phi) is 7.02. The molecule has 2 saturated heterocycles. The summed E-state index contributed by atoms with van der Waals surface area (Å²) in [5.41, 5.74) is 1.23. The molecule has 1 unspecified atom stereocenters. The molecule has 7 heteroatoms. The Morgan fingerprint density at radius 3 is 2.92 bits per heavy atom. The predicted octanol–water partition coefficient (Wildman–Crippen LogP) is 2.07. The highest BCUT2D eigenvalue weighted by atomic mass is 32.2. The summed E-state index contributed by atoms with van der Waals surface area (Å²) in [6, 6.07) is 4.25. The zero-order chi connectivity index (χ0) is 18.4. The van der Waals surface area contributed by atoms with Crippen LogP contribution in [0.1, 0.15) is 19.4 Å². The van der Waals surface area contributed by atoms with E-state index in [-0.39, 0.29) is 0 Å². The quantitative estimate of drug-likeness (QED) is 0.640. The number of anilines is 1. The number of hydrogen-bond donors (Lipinski definition) is 1. The standard InChI is InChI=1S/C19H31N5OS/c1-15(2)17-14-24(8-11-26-17)19(20-3)22-13-16-4-5-21-18(12-16)23-6-9-25-10-7-23/h4-5,12,15,17H,6-11,13-14H2,1-3H3,(H,20,22). The van der Waals surface area contributed by atoms with E-state index in [4.69, 9.17) is 4.74 Å². The van der Waals surface area contributed by atoms with Gasteiger partial charge >= 0.3 is 0 Å². The van der Waals surface area contributed by atoms with Gasteiger partial charge in [0.1, 0.15) is 5.82 Å². The molecule has 1 aromatic rings. The molecule has 0 aliphatic carbocycles. The number of aliphatic imine (C=N–C) groups is 1. The van der Waals surface area contributed by atoms with Crippen LogP contribution in [0.5, 0.6) is 0 Å². The summed E-state index contributed by atoms with van der Waals surface area (Å²) in [4.78, 5) is 13.7. The number of hydrogen-bond acceptors (Lipinski definition) is 5. The topological polar surface area (TPSA) is 53.0 Å². The Bertz CT molecular complexity index is 603. The van der Waals surface area contributed by atoms with E-state index in [0.29, 0.717) is 11.2 Å². The SMILES string of the molecule is CN=C(NCc1ccnc(N2CCOCC2)c1)N1CCSC(C(C)C)C1. The second kappa shape index (κ2) is 9.46. The molecular formula is C19H31N5OS. The van der Waals surface area contributed by atoms with Crippen molar-refractivity contribution in [2.45, 2.75) is 25.6 Å². The highest BCUT2D eigenvalue weighted by Crippen LogP contribution is 2.25. The molecule has 3 rings (SSSR count). The number of morpholine rings is 1. The highest BCUT2D eigenvalue weighted by molar-refractivity contribution is 8.00. The molecule has 0 aromatic carbocycles. The summed E-state index contributed by atoms with van der Waals surface area (Å²) < 4.78 is 5.43. The fraction of sp³-hybridized carbons (Fsp3) is 0.684. The van der Waals surface area contributed by atoms with Gasteiger partial charge in [0.2, 0.25) is 0 Å². The Balaban J connectivity index is 1.58. The number of guanidine groups is 1. The second-order valence-corrected chi connectivity index (χ2v) is 8.47. The van der Waals surface area contributed by atoms with Crippen LogP contribution in [0.2, 0.25) is 0 Å². The van der Waals surface area contributed by atoms with Gasteiger partial charge in [0, 0.05) is 57.0 Å². The molecule has 1 atom stereocenters. The summed E-state index contributed by atoms with van der Waals surface area (Å²) in [6.45, 7) is 10.9. The van der Waals surface area contributed by atoms with Crippen LogP contribution in [0.25, 0.3) is 0 Å². The van der Waals surface area contributed by atoms with Crippen LogP contribution in [0, 0.1) is 5.92 Å². The summed E-state index contributed by atoms with van der Waals surface area (Å²) in [5.74, 6) is 3.90. The van der Waals surface area contributed by atoms with Crippen LogP contribution < -0.4 is 10.2 Å². The minimum atomic E-state index is 0.677. The first-order valence-corrected chi connectivity index (χ1v) is 10.6. The van der Waals surface area contributed by atoms with E-state index in [1.54, 1.807) is 0 Å². The maximum atomic E-state index is 5.43. The Hall–Kier alpha value is -1.47. The minimum absolute atomic E-state index is 0.677. The number of aromatic nitrogens is 1. The summed E-state index contributed by atoms with van der Waals surface area (Å²) in [5, 5.41) is 4.22. The van der Waals surface area contributed by atoms with Crippen molar-refractivity contribution in [3.8, 4) is 0 Å². The molecule has 0 spiro atoms. The Labute approximate surface area is 161 Å². The van der Waals surface area contributed by atoms with E-state index < -0.39 is 0 Å². The van der Waals surface area contributed by atoms with E-state index in [9.17, 15) is 0 Å². The molecule has 0 bridgehead atoms. The average molecular weight is 378 g/mol. The molecule has 0 saturated carbocycles. The second-order valence-electron chi connectivity index (χ2n) is 7.12. The van der Waals surface area contributed by atoms with Crippen LogP contribution in [0.4, 0.5) is 5.82 Å². The van der Waals surface area contributed by atoms with E-state index in [1.165, 1.54) is 11.3 Å². The smallest absolute Gasteiger partial charge is 0.193 e. The summed E-state index contributed by atoms with van der Waals surface area (Å²) >= 11 is 2.09. The molecular weight excluding hydrogens is 346 g/mol. The van der Waals surface area contributed by atoms with Gasteiger partial charge in [-0.05, 0) is 23.6 Å². The third-order valence-corrected chi connectivity index (χ3v) is 6.48. The van der Waals surface area contributed by atoms with Gasteiger partial charge < -0.3 is 19.9 Å². The molecule has 3 heterocycles. The Morgan fingerprint density at radius 2 is 2.19 bits per heavy atom. The first-order valence-electron chi connectivity index (χ1n) is 9.52. The lowest BCUT2D eigenvalue weighted by molar-refractivity contribution is 0.122. The molecule has 0 radical (unpaired) electrons. The van der Waals surface area contributed by atoms with Crippen LogP contribution in [-0.4, -0.2) is 73.3 Å². The van der Waals surface area contributed by atoms with Crippen molar-refractivity contribution in [2.75, 3.05) is 57.1 Å². The maximum Gasteiger partial charge on any atom is 0.193 e. The fourth-order valence-corrected chi connectivity index (χ4v) is 4.62. The van der Waals surface area contributed by atoms with Crippen molar-refractivity contribution in [3.63, 3.8) is 0 Å². The van der Waals surface area contributed by atoms with Gasteiger partial charge in [0.25, 0.3) is 0 Å². The van der Waals surface area contributed by atoms with E-state index in [1.807, 2.05) is 13.2 Å². The molecule has 1 N–H and O–H groups in total. The normalized spacial score (nSPS) is 22.0. The average Bonchev–Trinajstić information content (AvgIpc) is 2.69. The largest absolute Gasteiger partial charge is 0.378 e. The summed E-state index contributed by atoms with van der Waals surface area (Å²) in [7, 11) is 1.88. The summed E-state index contributed by atoms with van der Waals surface area (Å²) in [6.07, 6.45) is 1.90. The van der Waals surface area contributed by atoms with Gasteiger partial charge in [-0.25, -0.2) is 4.98 Å².